The highest BCUT2D eigenvalue weighted by Crippen LogP contribution is 2.23. The van der Waals surface area contributed by atoms with Gasteiger partial charge in [-0.05, 0) is 29.7 Å². The van der Waals surface area contributed by atoms with Crippen LogP contribution >= 0.6 is 0 Å². The highest BCUT2D eigenvalue weighted by atomic mass is 16.5. The number of methoxy groups -OCH3 is 1. The van der Waals surface area contributed by atoms with Crippen molar-refractivity contribution in [3.05, 3.63) is 29.3 Å². The van der Waals surface area contributed by atoms with Gasteiger partial charge < -0.3 is 14.7 Å². The molecule has 0 unspecified atom stereocenters. The predicted molar refractivity (Wildman–Crippen MR) is 59.1 cm³/mol. The summed E-state index contributed by atoms with van der Waals surface area (Å²) in [5, 5.41) is 9.39. The van der Waals surface area contributed by atoms with Crippen molar-refractivity contribution in [2.24, 2.45) is 0 Å². The van der Waals surface area contributed by atoms with Crippen LogP contribution in [0.25, 0.3) is 0 Å². The molecule has 4 heteroatoms. The Kier molecular flexibility index (Phi) is 3.10. The van der Waals surface area contributed by atoms with Gasteiger partial charge in [-0.3, -0.25) is 4.79 Å². The third-order valence-corrected chi connectivity index (χ3v) is 2.82. The first-order chi connectivity index (χ1) is 7.70. The molecule has 0 spiro atoms. The Morgan fingerprint density at radius 2 is 2.31 bits per heavy atom. The lowest BCUT2D eigenvalue weighted by atomic mass is 9.99. The molecule has 2 rings (SSSR count). The number of ether oxygens (including phenoxy) is 1. The van der Waals surface area contributed by atoms with Crippen LogP contribution in [0, 0.1) is 0 Å². The summed E-state index contributed by atoms with van der Waals surface area (Å²) in [6.07, 6.45) is 0.838. The van der Waals surface area contributed by atoms with Gasteiger partial charge in [-0.25, -0.2) is 0 Å². The lowest BCUT2D eigenvalue weighted by Gasteiger charge is -2.28. The number of aromatic hydroxyl groups is 1. The predicted octanol–water partition coefficient (Wildman–Crippen LogP) is 0.923. The number of hydrogen-bond donors (Lipinski definition) is 1. The summed E-state index contributed by atoms with van der Waals surface area (Å²) in [5.74, 6) is 0.247. The first-order valence-corrected chi connectivity index (χ1v) is 5.28. The van der Waals surface area contributed by atoms with Gasteiger partial charge in [0.15, 0.2) is 0 Å². The number of carbonyl (C=O) groups is 1. The van der Waals surface area contributed by atoms with Crippen LogP contribution in [-0.2, 0) is 22.5 Å². The Labute approximate surface area is 94.4 Å². The summed E-state index contributed by atoms with van der Waals surface area (Å²) < 4.78 is 4.83. The number of phenols is 1. The molecule has 1 aromatic carbocycles. The molecule has 1 amide bonds. The summed E-state index contributed by atoms with van der Waals surface area (Å²) >= 11 is 0. The summed E-state index contributed by atoms with van der Waals surface area (Å²) in [6.45, 7) is 1.40. The fraction of sp³-hybridized carbons (Fsp3) is 0.417. The molecule has 0 fully saturated rings. The largest absolute Gasteiger partial charge is 0.508 e. The van der Waals surface area contributed by atoms with E-state index in [2.05, 4.69) is 0 Å². The minimum atomic E-state index is -0.00325. The number of nitrogens with zero attached hydrogens (tertiary/aromatic N) is 1. The molecule has 86 valence electrons. The SMILES string of the molecule is COCC(=O)N1CCc2ccc(O)cc2C1. The van der Waals surface area contributed by atoms with Gasteiger partial charge in [0.2, 0.25) is 5.91 Å². The molecule has 0 saturated carbocycles. The monoisotopic (exact) mass is 221 g/mol. The van der Waals surface area contributed by atoms with Crippen LogP contribution < -0.4 is 0 Å². The molecule has 0 aliphatic carbocycles. The maximum Gasteiger partial charge on any atom is 0.248 e. The van der Waals surface area contributed by atoms with Gasteiger partial charge in [-0.1, -0.05) is 6.07 Å². The maximum absolute atomic E-state index is 11.6. The quantitative estimate of drug-likeness (QED) is 0.808. The Hall–Kier alpha value is -1.55. The molecule has 0 aromatic heterocycles. The molecule has 0 atom stereocenters. The van der Waals surface area contributed by atoms with Crippen LogP contribution in [0.3, 0.4) is 0 Å². The van der Waals surface area contributed by atoms with E-state index in [9.17, 15) is 9.90 Å². The Morgan fingerprint density at radius 1 is 1.50 bits per heavy atom. The van der Waals surface area contributed by atoms with E-state index >= 15 is 0 Å². The number of amides is 1. The molecule has 0 radical (unpaired) electrons. The van der Waals surface area contributed by atoms with Crippen LogP contribution in [0.4, 0.5) is 0 Å². The van der Waals surface area contributed by atoms with Gasteiger partial charge in [0.05, 0.1) is 0 Å². The van der Waals surface area contributed by atoms with Crippen LogP contribution in [0.5, 0.6) is 5.75 Å². The van der Waals surface area contributed by atoms with Crippen molar-refractivity contribution >= 4 is 5.91 Å². The van der Waals surface area contributed by atoms with Gasteiger partial charge in [-0.2, -0.15) is 0 Å². The molecule has 1 aromatic rings. The molecule has 0 saturated heterocycles. The second-order valence-corrected chi connectivity index (χ2v) is 3.95. The van der Waals surface area contributed by atoms with Crippen molar-refractivity contribution in [2.75, 3.05) is 20.3 Å². The summed E-state index contributed by atoms with van der Waals surface area (Å²) in [7, 11) is 1.52. The van der Waals surface area contributed by atoms with Crippen molar-refractivity contribution < 1.29 is 14.6 Å². The van der Waals surface area contributed by atoms with Gasteiger partial charge in [0.1, 0.15) is 12.4 Å². The molecule has 16 heavy (non-hydrogen) atoms. The lowest BCUT2D eigenvalue weighted by molar-refractivity contribution is -0.136. The van der Waals surface area contributed by atoms with E-state index in [-0.39, 0.29) is 18.3 Å². The highest BCUT2D eigenvalue weighted by molar-refractivity contribution is 5.77. The molecule has 0 bridgehead atoms. The third-order valence-electron chi connectivity index (χ3n) is 2.82. The number of benzene rings is 1. The lowest BCUT2D eigenvalue weighted by Crippen LogP contribution is -2.37. The van der Waals surface area contributed by atoms with Crippen molar-refractivity contribution in [3.63, 3.8) is 0 Å². The molecular formula is C12H15NO3. The van der Waals surface area contributed by atoms with E-state index in [1.54, 1.807) is 17.0 Å². The third kappa shape index (κ3) is 2.17. The molecule has 1 aliphatic heterocycles. The Bertz CT molecular complexity index is 403. The fourth-order valence-electron chi connectivity index (χ4n) is 1.97. The van der Waals surface area contributed by atoms with Gasteiger partial charge in [0, 0.05) is 20.2 Å². The van der Waals surface area contributed by atoms with Crippen LogP contribution in [-0.4, -0.2) is 36.2 Å². The molecule has 1 N–H and O–H groups in total. The minimum Gasteiger partial charge on any atom is -0.508 e. The van der Waals surface area contributed by atoms with E-state index in [4.69, 9.17) is 4.74 Å². The summed E-state index contributed by atoms with van der Waals surface area (Å²) in [6, 6.07) is 5.33. The van der Waals surface area contributed by atoms with E-state index in [1.165, 1.54) is 12.7 Å². The number of rotatable bonds is 2. The standard InChI is InChI=1S/C12H15NO3/c1-16-8-12(15)13-5-4-9-2-3-11(14)6-10(9)7-13/h2-3,6,14H,4-5,7-8H2,1H3. The van der Waals surface area contributed by atoms with Crippen LogP contribution in [0.1, 0.15) is 11.1 Å². The molecular weight excluding hydrogens is 206 g/mol. The first-order valence-electron chi connectivity index (χ1n) is 5.28. The smallest absolute Gasteiger partial charge is 0.248 e. The summed E-state index contributed by atoms with van der Waals surface area (Å²) in [4.78, 5) is 13.4. The zero-order chi connectivity index (χ0) is 11.5. The summed E-state index contributed by atoms with van der Waals surface area (Å²) in [5.41, 5.74) is 2.23. The maximum atomic E-state index is 11.6. The number of phenolic OH excluding ortho intramolecular Hbond substituents is 1. The van der Waals surface area contributed by atoms with E-state index in [1.807, 2.05) is 6.07 Å². The highest BCUT2D eigenvalue weighted by Gasteiger charge is 2.20. The number of hydrogen-bond acceptors (Lipinski definition) is 3. The van der Waals surface area contributed by atoms with Gasteiger partial charge >= 0.3 is 0 Å². The molecule has 4 nitrogen and oxygen atoms in total. The number of fused-ring (bicyclic) bond motifs is 1. The van der Waals surface area contributed by atoms with Gasteiger partial charge in [-0.15, -0.1) is 0 Å². The minimum absolute atomic E-state index is 0.00325. The van der Waals surface area contributed by atoms with Crippen molar-refractivity contribution in [1.82, 2.24) is 4.90 Å². The normalized spacial score (nSPS) is 14.7. The van der Waals surface area contributed by atoms with E-state index < -0.39 is 0 Å². The number of carbonyl (C=O) groups excluding carboxylic acids is 1. The van der Waals surface area contributed by atoms with Crippen molar-refractivity contribution in [1.29, 1.82) is 0 Å². The second-order valence-electron chi connectivity index (χ2n) is 3.95. The Morgan fingerprint density at radius 3 is 3.06 bits per heavy atom. The van der Waals surface area contributed by atoms with E-state index in [0.29, 0.717) is 6.54 Å². The van der Waals surface area contributed by atoms with Crippen molar-refractivity contribution in [3.8, 4) is 5.75 Å². The zero-order valence-electron chi connectivity index (χ0n) is 9.27. The average molecular weight is 221 g/mol. The fourth-order valence-corrected chi connectivity index (χ4v) is 1.97. The Balaban J connectivity index is 2.13. The van der Waals surface area contributed by atoms with Crippen LogP contribution in [0.15, 0.2) is 18.2 Å². The molecule has 1 aliphatic rings. The van der Waals surface area contributed by atoms with Crippen molar-refractivity contribution in [2.45, 2.75) is 13.0 Å². The van der Waals surface area contributed by atoms with Gasteiger partial charge in [0.25, 0.3) is 0 Å². The topological polar surface area (TPSA) is 49.8 Å². The van der Waals surface area contributed by atoms with E-state index in [0.717, 1.165) is 18.5 Å². The average Bonchev–Trinajstić information content (AvgIpc) is 2.28. The zero-order valence-corrected chi connectivity index (χ0v) is 9.27. The molecule has 1 heterocycles. The first kappa shape index (κ1) is 11.0. The second kappa shape index (κ2) is 4.53. The van der Waals surface area contributed by atoms with Crippen LogP contribution in [0.2, 0.25) is 0 Å².